The van der Waals surface area contributed by atoms with Crippen molar-refractivity contribution in [3.63, 3.8) is 0 Å². The molecule has 0 spiro atoms. The smallest absolute Gasteiger partial charge is 0.237 e. The van der Waals surface area contributed by atoms with Crippen molar-refractivity contribution < 1.29 is 14.3 Å². The van der Waals surface area contributed by atoms with E-state index in [1.165, 1.54) is 5.56 Å². The van der Waals surface area contributed by atoms with E-state index < -0.39 is 0 Å². The van der Waals surface area contributed by atoms with Gasteiger partial charge in [0.15, 0.2) is 0 Å². The zero-order chi connectivity index (χ0) is 20.9. The number of nitrogens with zero attached hydrogens (tertiary/aromatic N) is 3. The van der Waals surface area contributed by atoms with Gasteiger partial charge in [-0.2, -0.15) is 11.3 Å². The fourth-order valence-electron chi connectivity index (χ4n) is 4.52. The van der Waals surface area contributed by atoms with E-state index in [2.05, 4.69) is 26.6 Å². The predicted molar refractivity (Wildman–Crippen MR) is 119 cm³/mol. The SMILES string of the molecule is COc1ccc(OC)c([C@H]2CCCN2C(=O)CN2CCN(Cc3ccsc3)CC2)c1. The van der Waals surface area contributed by atoms with E-state index in [4.69, 9.17) is 9.47 Å². The van der Waals surface area contributed by atoms with Gasteiger partial charge in [0.2, 0.25) is 5.91 Å². The Morgan fingerprint density at radius 2 is 1.87 bits per heavy atom. The quantitative estimate of drug-likeness (QED) is 0.676. The minimum atomic E-state index is 0.0578. The van der Waals surface area contributed by atoms with Gasteiger partial charge in [0.05, 0.1) is 26.8 Å². The summed E-state index contributed by atoms with van der Waals surface area (Å²) in [5.41, 5.74) is 2.43. The molecule has 2 saturated heterocycles. The molecule has 7 heteroatoms. The van der Waals surface area contributed by atoms with Crippen LogP contribution in [0.4, 0.5) is 0 Å². The number of carbonyl (C=O) groups excluding carboxylic acids is 1. The summed E-state index contributed by atoms with van der Waals surface area (Å²) in [6, 6.07) is 8.10. The molecule has 2 aromatic rings. The van der Waals surface area contributed by atoms with Crippen LogP contribution in [0.1, 0.15) is 30.0 Å². The minimum Gasteiger partial charge on any atom is -0.497 e. The lowest BCUT2D eigenvalue weighted by Gasteiger charge is -2.35. The molecule has 2 aliphatic heterocycles. The number of piperazine rings is 1. The normalized spacial score (nSPS) is 20.5. The van der Waals surface area contributed by atoms with Gasteiger partial charge in [0, 0.05) is 44.8 Å². The standard InChI is InChI=1S/C23H31N3O3S/c1-28-19-5-6-22(29-2)20(14-19)21-4-3-8-26(21)23(27)16-25-11-9-24(10-12-25)15-18-7-13-30-17-18/h5-7,13-14,17,21H,3-4,8-12,15-16H2,1-2H3/t21-/m1/s1. The first-order valence-corrected chi connectivity index (χ1v) is 11.6. The molecule has 162 valence electrons. The van der Waals surface area contributed by atoms with Crippen molar-refractivity contribution in [3.8, 4) is 11.5 Å². The minimum absolute atomic E-state index is 0.0578. The first kappa shape index (κ1) is 21.2. The molecule has 0 bridgehead atoms. The second kappa shape index (κ2) is 9.81. The summed E-state index contributed by atoms with van der Waals surface area (Å²) in [5.74, 6) is 1.84. The fraction of sp³-hybridized carbons (Fsp3) is 0.522. The van der Waals surface area contributed by atoms with Gasteiger partial charge in [0.25, 0.3) is 0 Å². The summed E-state index contributed by atoms with van der Waals surface area (Å²) in [6.45, 7) is 6.21. The van der Waals surface area contributed by atoms with Crippen molar-refractivity contribution in [1.29, 1.82) is 0 Å². The van der Waals surface area contributed by atoms with Crippen molar-refractivity contribution >= 4 is 17.2 Å². The number of rotatable bonds is 7. The van der Waals surface area contributed by atoms with Gasteiger partial charge in [-0.3, -0.25) is 14.6 Å². The molecule has 0 N–H and O–H groups in total. The van der Waals surface area contributed by atoms with Crippen LogP contribution in [-0.4, -0.2) is 74.1 Å². The van der Waals surface area contributed by atoms with Gasteiger partial charge in [-0.25, -0.2) is 0 Å². The number of ether oxygens (including phenoxy) is 2. The predicted octanol–water partition coefficient (Wildman–Crippen LogP) is 3.25. The summed E-state index contributed by atoms with van der Waals surface area (Å²) < 4.78 is 11.0. The fourth-order valence-corrected chi connectivity index (χ4v) is 5.18. The Balaban J connectivity index is 1.35. The third kappa shape index (κ3) is 4.79. The highest BCUT2D eigenvalue weighted by molar-refractivity contribution is 7.07. The van der Waals surface area contributed by atoms with Crippen LogP contribution in [0.3, 0.4) is 0 Å². The van der Waals surface area contributed by atoms with E-state index in [0.717, 1.165) is 69.2 Å². The lowest BCUT2D eigenvalue weighted by Crippen LogP contribution is -2.49. The molecule has 0 saturated carbocycles. The van der Waals surface area contributed by atoms with Crippen LogP contribution in [0.5, 0.6) is 11.5 Å². The Bertz CT molecular complexity index is 834. The van der Waals surface area contributed by atoms with Crippen molar-refractivity contribution in [2.24, 2.45) is 0 Å². The molecular formula is C23H31N3O3S. The maximum absolute atomic E-state index is 13.2. The number of carbonyl (C=O) groups is 1. The number of likely N-dealkylation sites (tertiary alicyclic amines) is 1. The number of methoxy groups -OCH3 is 2. The van der Waals surface area contributed by atoms with Gasteiger partial charge in [-0.15, -0.1) is 0 Å². The van der Waals surface area contributed by atoms with Crippen molar-refractivity contribution in [1.82, 2.24) is 14.7 Å². The lowest BCUT2D eigenvalue weighted by molar-refractivity contribution is -0.133. The maximum Gasteiger partial charge on any atom is 0.237 e. The van der Waals surface area contributed by atoms with Crippen LogP contribution in [-0.2, 0) is 11.3 Å². The molecule has 1 amide bonds. The Hall–Kier alpha value is -2.09. The summed E-state index contributed by atoms with van der Waals surface area (Å²) >= 11 is 1.75. The van der Waals surface area contributed by atoms with E-state index in [9.17, 15) is 4.79 Å². The van der Waals surface area contributed by atoms with Crippen LogP contribution in [0.15, 0.2) is 35.0 Å². The third-order valence-corrected chi connectivity index (χ3v) is 6.91. The molecule has 6 nitrogen and oxygen atoms in total. The first-order chi connectivity index (χ1) is 14.7. The third-order valence-electron chi connectivity index (χ3n) is 6.18. The highest BCUT2D eigenvalue weighted by atomic mass is 32.1. The summed E-state index contributed by atoms with van der Waals surface area (Å²) in [5, 5.41) is 4.35. The van der Waals surface area contributed by atoms with Gasteiger partial charge in [0.1, 0.15) is 11.5 Å². The topological polar surface area (TPSA) is 45.3 Å². The van der Waals surface area contributed by atoms with Gasteiger partial charge in [-0.05, 0) is 53.4 Å². The second-order valence-corrected chi connectivity index (χ2v) is 8.82. The van der Waals surface area contributed by atoms with Crippen LogP contribution in [0, 0.1) is 0 Å². The average molecular weight is 430 g/mol. The number of amides is 1. The maximum atomic E-state index is 13.2. The molecule has 2 aliphatic rings. The van der Waals surface area contributed by atoms with Crippen molar-refractivity contribution in [3.05, 3.63) is 46.2 Å². The molecule has 0 aliphatic carbocycles. The average Bonchev–Trinajstić information content (AvgIpc) is 3.46. The highest BCUT2D eigenvalue weighted by Crippen LogP contribution is 2.39. The van der Waals surface area contributed by atoms with E-state index in [0.29, 0.717) is 6.54 Å². The Kier molecular flexibility index (Phi) is 6.92. The number of thiophene rings is 1. The Labute approximate surface area is 183 Å². The summed E-state index contributed by atoms with van der Waals surface area (Å²) in [7, 11) is 3.35. The summed E-state index contributed by atoms with van der Waals surface area (Å²) in [6.07, 6.45) is 1.98. The second-order valence-electron chi connectivity index (χ2n) is 8.04. The van der Waals surface area contributed by atoms with Gasteiger partial charge >= 0.3 is 0 Å². The molecule has 0 radical (unpaired) electrons. The van der Waals surface area contributed by atoms with Gasteiger partial charge in [-0.1, -0.05) is 0 Å². The van der Waals surface area contributed by atoms with Crippen LogP contribution in [0.2, 0.25) is 0 Å². The van der Waals surface area contributed by atoms with Crippen LogP contribution < -0.4 is 9.47 Å². The van der Waals surface area contributed by atoms with Crippen LogP contribution in [0.25, 0.3) is 0 Å². The van der Waals surface area contributed by atoms with Crippen molar-refractivity contribution in [2.75, 3.05) is 53.5 Å². The van der Waals surface area contributed by atoms with E-state index >= 15 is 0 Å². The molecule has 30 heavy (non-hydrogen) atoms. The molecule has 0 unspecified atom stereocenters. The molecular weight excluding hydrogens is 398 g/mol. The van der Waals surface area contributed by atoms with E-state index in [1.807, 2.05) is 23.1 Å². The molecule has 4 rings (SSSR count). The highest BCUT2D eigenvalue weighted by Gasteiger charge is 2.33. The molecule has 3 heterocycles. The number of benzene rings is 1. The molecule has 2 fully saturated rings. The number of hydrogen-bond acceptors (Lipinski definition) is 6. The molecule has 1 aromatic heterocycles. The Morgan fingerprint density at radius 3 is 2.57 bits per heavy atom. The Morgan fingerprint density at radius 1 is 1.07 bits per heavy atom. The largest absolute Gasteiger partial charge is 0.497 e. The summed E-state index contributed by atoms with van der Waals surface area (Å²) in [4.78, 5) is 20.0. The van der Waals surface area contributed by atoms with Crippen molar-refractivity contribution in [2.45, 2.75) is 25.4 Å². The van der Waals surface area contributed by atoms with E-state index in [1.54, 1.807) is 25.6 Å². The zero-order valence-electron chi connectivity index (χ0n) is 17.9. The molecule has 1 aromatic carbocycles. The van der Waals surface area contributed by atoms with Gasteiger partial charge < -0.3 is 14.4 Å². The lowest BCUT2D eigenvalue weighted by atomic mass is 10.0. The number of hydrogen-bond donors (Lipinski definition) is 0. The zero-order valence-corrected chi connectivity index (χ0v) is 18.7. The monoisotopic (exact) mass is 429 g/mol. The van der Waals surface area contributed by atoms with Crippen LogP contribution >= 0.6 is 11.3 Å². The van der Waals surface area contributed by atoms with E-state index in [-0.39, 0.29) is 11.9 Å². The molecule has 1 atom stereocenters. The first-order valence-electron chi connectivity index (χ1n) is 10.6.